The number of benzene rings is 2. The van der Waals surface area contributed by atoms with Crippen LogP contribution in [0.3, 0.4) is 0 Å². The SMILES string of the molecule is CNc1cccc(Nc2cc(Br)ccc2C#N)c1[N+](=O)[O-]. The van der Waals surface area contributed by atoms with Crippen molar-refractivity contribution in [2.24, 2.45) is 0 Å². The first-order chi connectivity index (χ1) is 10.1. The van der Waals surface area contributed by atoms with Crippen LogP contribution in [0.4, 0.5) is 22.7 Å². The van der Waals surface area contributed by atoms with Crippen LogP contribution in [0.25, 0.3) is 0 Å². The third-order valence-electron chi connectivity index (χ3n) is 2.86. The van der Waals surface area contributed by atoms with Crippen molar-refractivity contribution in [1.29, 1.82) is 5.26 Å². The molecular weight excluding hydrogens is 336 g/mol. The van der Waals surface area contributed by atoms with Gasteiger partial charge in [0.05, 0.1) is 16.2 Å². The molecule has 106 valence electrons. The van der Waals surface area contributed by atoms with Crippen LogP contribution in [-0.2, 0) is 0 Å². The molecule has 21 heavy (non-hydrogen) atoms. The number of nitro benzene ring substituents is 1. The molecule has 0 aliphatic carbocycles. The number of hydrogen-bond donors (Lipinski definition) is 2. The second-order valence-corrected chi connectivity index (χ2v) is 5.05. The summed E-state index contributed by atoms with van der Waals surface area (Å²) in [5.41, 5.74) is 1.56. The predicted octanol–water partition coefficient (Wildman–Crippen LogP) is 4.01. The molecule has 2 N–H and O–H groups in total. The van der Waals surface area contributed by atoms with Gasteiger partial charge in [0.1, 0.15) is 17.4 Å². The smallest absolute Gasteiger partial charge is 0.315 e. The predicted molar refractivity (Wildman–Crippen MR) is 84.8 cm³/mol. The first-order valence-corrected chi connectivity index (χ1v) is 6.78. The number of nitrogens with zero attached hydrogens (tertiary/aromatic N) is 2. The summed E-state index contributed by atoms with van der Waals surface area (Å²) in [6.45, 7) is 0. The lowest BCUT2D eigenvalue weighted by atomic mass is 10.1. The van der Waals surface area contributed by atoms with E-state index in [0.717, 1.165) is 4.47 Å². The Labute approximate surface area is 129 Å². The van der Waals surface area contributed by atoms with Gasteiger partial charge in [0.2, 0.25) is 0 Å². The van der Waals surface area contributed by atoms with Gasteiger partial charge in [0, 0.05) is 11.5 Å². The first kappa shape index (κ1) is 14.8. The minimum absolute atomic E-state index is 0.0659. The summed E-state index contributed by atoms with van der Waals surface area (Å²) >= 11 is 3.32. The Balaban J connectivity index is 2.52. The van der Waals surface area contributed by atoms with Gasteiger partial charge in [-0.1, -0.05) is 22.0 Å². The number of nitrogens with one attached hydrogen (secondary N) is 2. The van der Waals surface area contributed by atoms with Crippen molar-refractivity contribution in [3.63, 3.8) is 0 Å². The summed E-state index contributed by atoms with van der Waals surface area (Å²) in [5, 5.41) is 26.1. The maximum absolute atomic E-state index is 11.3. The molecule has 2 rings (SSSR count). The molecule has 0 aromatic heterocycles. The fourth-order valence-corrected chi connectivity index (χ4v) is 2.27. The van der Waals surface area contributed by atoms with Crippen molar-refractivity contribution in [2.45, 2.75) is 0 Å². The van der Waals surface area contributed by atoms with Crippen LogP contribution in [-0.4, -0.2) is 12.0 Å². The number of hydrogen-bond acceptors (Lipinski definition) is 5. The van der Waals surface area contributed by atoms with Crippen molar-refractivity contribution in [3.05, 3.63) is 56.5 Å². The Morgan fingerprint density at radius 1 is 1.24 bits per heavy atom. The van der Waals surface area contributed by atoms with Crippen LogP contribution in [0.2, 0.25) is 0 Å². The molecule has 0 amide bonds. The second-order valence-electron chi connectivity index (χ2n) is 4.14. The van der Waals surface area contributed by atoms with E-state index < -0.39 is 4.92 Å². The van der Waals surface area contributed by atoms with E-state index in [0.29, 0.717) is 22.6 Å². The van der Waals surface area contributed by atoms with E-state index >= 15 is 0 Å². The number of nitriles is 1. The Hall–Kier alpha value is -2.59. The zero-order valence-corrected chi connectivity index (χ0v) is 12.6. The quantitative estimate of drug-likeness (QED) is 0.644. The molecule has 0 aliphatic heterocycles. The normalized spacial score (nSPS) is 9.76. The molecule has 0 unspecified atom stereocenters. The fraction of sp³-hybridized carbons (Fsp3) is 0.0714. The summed E-state index contributed by atoms with van der Waals surface area (Å²) in [5.74, 6) is 0. The molecular formula is C14H11BrN4O2. The second kappa shape index (κ2) is 6.24. The van der Waals surface area contributed by atoms with E-state index in [9.17, 15) is 10.1 Å². The zero-order chi connectivity index (χ0) is 15.4. The summed E-state index contributed by atoms with van der Waals surface area (Å²) in [6.07, 6.45) is 0. The van der Waals surface area contributed by atoms with Crippen LogP contribution < -0.4 is 10.6 Å². The molecule has 2 aromatic rings. The third kappa shape index (κ3) is 3.12. The van der Waals surface area contributed by atoms with Gasteiger partial charge in [0.15, 0.2) is 0 Å². The molecule has 0 aliphatic rings. The first-order valence-electron chi connectivity index (χ1n) is 5.98. The van der Waals surface area contributed by atoms with Crippen molar-refractivity contribution >= 4 is 38.7 Å². The van der Waals surface area contributed by atoms with Crippen LogP contribution in [0, 0.1) is 21.4 Å². The average Bonchev–Trinajstić information content (AvgIpc) is 2.47. The van der Waals surface area contributed by atoms with Crippen molar-refractivity contribution < 1.29 is 4.92 Å². The van der Waals surface area contributed by atoms with Crippen LogP contribution in [0.1, 0.15) is 5.56 Å². The Morgan fingerprint density at radius 2 is 1.95 bits per heavy atom. The molecule has 0 saturated heterocycles. The summed E-state index contributed by atoms with van der Waals surface area (Å²) < 4.78 is 0.774. The molecule has 6 nitrogen and oxygen atoms in total. The number of rotatable bonds is 4. The van der Waals surface area contributed by atoms with Gasteiger partial charge < -0.3 is 10.6 Å². The summed E-state index contributed by atoms with van der Waals surface area (Å²) in [7, 11) is 1.62. The monoisotopic (exact) mass is 346 g/mol. The minimum atomic E-state index is -0.460. The number of para-hydroxylation sites is 1. The van der Waals surface area contributed by atoms with E-state index in [4.69, 9.17) is 5.26 Å². The van der Waals surface area contributed by atoms with Gasteiger partial charge >= 0.3 is 5.69 Å². The van der Waals surface area contributed by atoms with Gasteiger partial charge in [-0.15, -0.1) is 0 Å². The third-order valence-corrected chi connectivity index (χ3v) is 3.35. The van der Waals surface area contributed by atoms with Gasteiger partial charge in [-0.3, -0.25) is 10.1 Å². The van der Waals surface area contributed by atoms with E-state index in [1.165, 1.54) is 0 Å². The fourth-order valence-electron chi connectivity index (χ4n) is 1.91. The molecule has 0 atom stereocenters. The molecule has 0 saturated carbocycles. The molecule has 0 fully saturated rings. The van der Waals surface area contributed by atoms with Crippen LogP contribution >= 0.6 is 15.9 Å². The Morgan fingerprint density at radius 3 is 2.57 bits per heavy atom. The maximum atomic E-state index is 11.3. The molecule has 0 radical (unpaired) electrons. The lowest BCUT2D eigenvalue weighted by molar-refractivity contribution is -0.383. The lowest BCUT2D eigenvalue weighted by Gasteiger charge is -2.11. The standard InChI is InChI=1S/C14H11BrN4O2/c1-17-11-3-2-4-12(14(11)19(20)21)18-13-7-10(15)6-5-9(13)8-16/h2-7,17-18H,1H3. The van der Waals surface area contributed by atoms with Crippen LogP contribution in [0.15, 0.2) is 40.9 Å². The molecule has 7 heteroatoms. The van der Waals surface area contributed by atoms with Crippen molar-refractivity contribution in [1.82, 2.24) is 0 Å². The highest BCUT2D eigenvalue weighted by atomic mass is 79.9. The zero-order valence-electron chi connectivity index (χ0n) is 11.1. The highest BCUT2D eigenvalue weighted by molar-refractivity contribution is 9.10. The highest BCUT2D eigenvalue weighted by Gasteiger charge is 2.19. The summed E-state index contributed by atoms with van der Waals surface area (Å²) in [4.78, 5) is 10.8. The average molecular weight is 347 g/mol. The van der Waals surface area contributed by atoms with Crippen LogP contribution in [0.5, 0.6) is 0 Å². The minimum Gasteiger partial charge on any atom is -0.382 e. The van der Waals surface area contributed by atoms with E-state index in [2.05, 4.69) is 32.6 Å². The lowest BCUT2D eigenvalue weighted by Crippen LogP contribution is -2.02. The highest BCUT2D eigenvalue weighted by Crippen LogP contribution is 2.35. The molecule has 0 heterocycles. The van der Waals surface area contributed by atoms with E-state index in [1.807, 2.05) is 0 Å². The maximum Gasteiger partial charge on any atom is 0.315 e. The molecule has 0 spiro atoms. The van der Waals surface area contributed by atoms with Gasteiger partial charge in [-0.25, -0.2) is 0 Å². The van der Waals surface area contributed by atoms with Crippen molar-refractivity contribution in [3.8, 4) is 6.07 Å². The number of nitro groups is 1. The van der Waals surface area contributed by atoms with Gasteiger partial charge in [-0.05, 0) is 30.3 Å². The van der Waals surface area contributed by atoms with E-state index in [1.54, 1.807) is 43.4 Å². The van der Waals surface area contributed by atoms with E-state index in [-0.39, 0.29) is 5.69 Å². The summed E-state index contributed by atoms with van der Waals surface area (Å²) in [6, 6.07) is 12.0. The topological polar surface area (TPSA) is 91.0 Å². The number of halogens is 1. The van der Waals surface area contributed by atoms with Gasteiger partial charge in [0.25, 0.3) is 0 Å². The largest absolute Gasteiger partial charge is 0.382 e. The Bertz CT molecular complexity index is 740. The van der Waals surface area contributed by atoms with Crippen molar-refractivity contribution in [2.75, 3.05) is 17.7 Å². The Kier molecular flexibility index (Phi) is 4.40. The number of anilines is 3. The molecule has 0 bridgehead atoms. The molecule has 2 aromatic carbocycles. The van der Waals surface area contributed by atoms with Gasteiger partial charge in [-0.2, -0.15) is 5.26 Å².